The van der Waals surface area contributed by atoms with Gasteiger partial charge in [-0.15, -0.1) is 0 Å². The number of aromatic amines is 1. The smallest absolute Gasteiger partial charge is 0.407 e. The highest BCUT2D eigenvalue weighted by atomic mass is 16.5. The highest BCUT2D eigenvalue weighted by Gasteiger charge is 2.13. The molecule has 0 radical (unpaired) electrons. The van der Waals surface area contributed by atoms with Crippen molar-refractivity contribution in [1.82, 2.24) is 15.1 Å². The van der Waals surface area contributed by atoms with Gasteiger partial charge in [0, 0.05) is 24.5 Å². The van der Waals surface area contributed by atoms with Crippen LogP contribution in [0.1, 0.15) is 25.8 Å². The van der Waals surface area contributed by atoms with Crippen molar-refractivity contribution in [1.29, 1.82) is 0 Å². The van der Waals surface area contributed by atoms with Crippen molar-refractivity contribution in [3.8, 4) is 11.5 Å². The number of hydrogen-bond acceptors (Lipinski definition) is 4. The fourth-order valence-electron chi connectivity index (χ4n) is 2.76. The second-order valence-electron chi connectivity index (χ2n) is 6.95. The van der Waals surface area contributed by atoms with E-state index in [4.69, 9.17) is 10.5 Å². The Balaban J connectivity index is 1.65. The van der Waals surface area contributed by atoms with Gasteiger partial charge in [0.2, 0.25) is 0 Å². The molecule has 0 saturated carbocycles. The van der Waals surface area contributed by atoms with Crippen LogP contribution in [0.25, 0.3) is 10.9 Å². The zero-order valence-electron chi connectivity index (χ0n) is 15.5. The summed E-state index contributed by atoms with van der Waals surface area (Å²) in [7, 11) is 0. The number of carboxylic acid groups (broad SMARTS) is 1. The molecule has 1 heterocycles. The van der Waals surface area contributed by atoms with E-state index in [1.807, 2.05) is 42.5 Å². The van der Waals surface area contributed by atoms with Crippen LogP contribution < -0.4 is 10.5 Å². The fourth-order valence-corrected chi connectivity index (χ4v) is 2.76. The summed E-state index contributed by atoms with van der Waals surface area (Å²) in [6.45, 7) is 5.06. The van der Waals surface area contributed by atoms with Crippen molar-refractivity contribution in [2.24, 2.45) is 5.92 Å². The third-order valence-corrected chi connectivity index (χ3v) is 4.34. The second-order valence-corrected chi connectivity index (χ2v) is 6.95. The number of hydrogen-bond donors (Lipinski definition) is 3. The van der Waals surface area contributed by atoms with E-state index in [9.17, 15) is 9.90 Å². The minimum atomic E-state index is -0.900. The normalized spacial score (nSPS) is 11.1. The van der Waals surface area contributed by atoms with E-state index in [0.717, 1.165) is 22.9 Å². The Hall–Kier alpha value is -3.22. The van der Waals surface area contributed by atoms with Gasteiger partial charge in [-0.1, -0.05) is 26.0 Å². The van der Waals surface area contributed by atoms with Gasteiger partial charge in [-0.05, 0) is 42.2 Å². The van der Waals surface area contributed by atoms with Gasteiger partial charge in [-0.3, -0.25) is 5.10 Å². The summed E-state index contributed by atoms with van der Waals surface area (Å²) in [6.07, 6.45) is -0.0585. The molecule has 0 spiro atoms. The van der Waals surface area contributed by atoms with E-state index < -0.39 is 6.09 Å². The number of ether oxygens (including phenoxy) is 1. The maximum Gasteiger partial charge on any atom is 0.407 e. The van der Waals surface area contributed by atoms with Crippen LogP contribution in [0.2, 0.25) is 0 Å². The summed E-state index contributed by atoms with van der Waals surface area (Å²) in [5.74, 6) is 2.27. The standard InChI is InChI=1S/C20H24N4O3/c1-13(2)9-10-24(20(25)26)12-14-3-5-15(6-4-14)27-16-7-8-17-18(11-16)22-23-19(17)21/h3-8,11,13H,9-10,12H2,1-2H3,(H,25,26)(H3,21,22,23). The van der Waals surface area contributed by atoms with E-state index in [-0.39, 0.29) is 0 Å². The summed E-state index contributed by atoms with van der Waals surface area (Å²) < 4.78 is 5.86. The lowest BCUT2D eigenvalue weighted by Crippen LogP contribution is -2.30. The Kier molecular flexibility index (Phi) is 5.49. The Morgan fingerprint density at radius 2 is 1.93 bits per heavy atom. The first kappa shape index (κ1) is 18.6. The van der Waals surface area contributed by atoms with Crippen LogP contribution in [0.4, 0.5) is 10.6 Å². The lowest BCUT2D eigenvalue weighted by molar-refractivity contribution is 0.140. The van der Waals surface area contributed by atoms with Crippen LogP contribution in [0.3, 0.4) is 0 Å². The molecule has 3 aromatic rings. The molecule has 142 valence electrons. The first-order valence-corrected chi connectivity index (χ1v) is 8.90. The summed E-state index contributed by atoms with van der Waals surface area (Å²) in [5, 5.41) is 17.1. The predicted molar refractivity (Wildman–Crippen MR) is 105 cm³/mol. The van der Waals surface area contributed by atoms with E-state index in [1.54, 1.807) is 0 Å². The van der Waals surface area contributed by atoms with Gasteiger partial charge in [0.1, 0.15) is 11.5 Å². The molecule has 0 atom stereocenters. The summed E-state index contributed by atoms with van der Waals surface area (Å²) in [5.41, 5.74) is 7.50. The maximum atomic E-state index is 11.4. The highest BCUT2D eigenvalue weighted by molar-refractivity contribution is 5.89. The first-order chi connectivity index (χ1) is 12.9. The first-order valence-electron chi connectivity index (χ1n) is 8.90. The molecular formula is C20H24N4O3. The van der Waals surface area contributed by atoms with Crippen molar-refractivity contribution in [2.45, 2.75) is 26.8 Å². The van der Waals surface area contributed by atoms with Gasteiger partial charge < -0.3 is 20.5 Å². The molecule has 1 aromatic heterocycles. The minimum absolute atomic E-state index is 0.363. The quantitative estimate of drug-likeness (QED) is 0.571. The van der Waals surface area contributed by atoms with Gasteiger partial charge in [0.05, 0.1) is 5.52 Å². The Morgan fingerprint density at radius 3 is 2.59 bits per heavy atom. The van der Waals surface area contributed by atoms with Crippen LogP contribution >= 0.6 is 0 Å². The van der Waals surface area contributed by atoms with E-state index in [2.05, 4.69) is 24.0 Å². The number of nitrogen functional groups attached to an aromatic ring is 1. The second kappa shape index (κ2) is 7.99. The van der Waals surface area contributed by atoms with E-state index >= 15 is 0 Å². The van der Waals surface area contributed by atoms with Crippen molar-refractivity contribution in [3.63, 3.8) is 0 Å². The molecule has 7 heteroatoms. The van der Waals surface area contributed by atoms with Crippen molar-refractivity contribution >= 4 is 22.8 Å². The largest absolute Gasteiger partial charge is 0.465 e. The molecule has 27 heavy (non-hydrogen) atoms. The lowest BCUT2D eigenvalue weighted by Gasteiger charge is -2.20. The SMILES string of the molecule is CC(C)CCN(Cc1ccc(Oc2ccc3c(N)n[nH]c3c2)cc1)C(=O)O. The van der Waals surface area contributed by atoms with Crippen molar-refractivity contribution in [3.05, 3.63) is 48.0 Å². The highest BCUT2D eigenvalue weighted by Crippen LogP contribution is 2.27. The van der Waals surface area contributed by atoms with Gasteiger partial charge in [0.25, 0.3) is 0 Å². The topological polar surface area (TPSA) is 104 Å². The van der Waals surface area contributed by atoms with Crippen LogP contribution in [-0.4, -0.2) is 32.8 Å². The number of nitrogens with two attached hydrogens (primary N) is 1. The average molecular weight is 368 g/mol. The molecule has 0 unspecified atom stereocenters. The zero-order chi connectivity index (χ0) is 19.4. The number of fused-ring (bicyclic) bond motifs is 1. The number of anilines is 1. The van der Waals surface area contributed by atoms with E-state index in [1.165, 1.54) is 4.90 Å². The van der Waals surface area contributed by atoms with Gasteiger partial charge >= 0.3 is 6.09 Å². The molecule has 7 nitrogen and oxygen atoms in total. The number of nitrogens with zero attached hydrogens (tertiary/aromatic N) is 2. The monoisotopic (exact) mass is 368 g/mol. The Labute approximate surface area is 157 Å². The van der Waals surface area contributed by atoms with Crippen molar-refractivity contribution in [2.75, 3.05) is 12.3 Å². The summed E-state index contributed by atoms with van der Waals surface area (Å²) in [4.78, 5) is 12.9. The molecule has 1 amide bonds. The van der Waals surface area contributed by atoms with Crippen LogP contribution in [0.15, 0.2) is 42.5 Å². The maximum absolute atomic E-state index is 11.4. The zero-order valence-corrected chi connectivity index (χ0v) is 15.5. The third-order valence-electron chi connectivity index (χ3n) is 4.34. The summed E-state index contributed by atoms with van der Waals surface area (Å²) in [6, 6.07) is 13.0. The number of amides is 1. The van der Waals surface area contributed by atoms with Crippen LogP contribution in [0, 0.1) is 5.92 Å². The van der Waals surface area contributed by atoms with Crippen LogP contribution in [0.5, 0.6) is 11.5 Å². The molecule has 0 aliphatic carbocycles. The Morgan fingerprint density at radius 1 is 1.22 bits per heavy atom. The minimum Gasteiger partial charge on any atom is -0.465 e. The molecule has 0 aliphatic rings. The Bertz CT molecular complexity index is 919. The number of benzene rings is 2. The molecule has 3 rings (SSSR count). The predicted octanol–water partition coefficient (Wildman–Crippen LogP) is 4.46. The average Bonchev–Trinajstić information content (AvgIpc) is 3.00. The number of carbonyl (C=O) groups is 1. The van der Waals surface area contributed by atoms with Crippen LogP contribution in [-0.2, 0) is 6.54 Å². The fraction of sp³-hybridized carbons (Fsp3) is 0.300. The van der Waals surface area contributed by atoms with Crippen molar-refractivity contribution < 1.29 is 14.6 Å². The summed E-state index contributed by atoms with van der Waals surface area (Å²) >= 11 is 0. The lowest BCUT2D eigenvalue weighted by atomic mass is 10.1. The molecule has 0 saturated heterocycles. The van der Waals surface area contributed by atoms with Gasteiger partial charge in [0.15, 0.2) is 5.82 Å². The number of aromatic nitrogens is 2. The van der Waals surface area contributed by atoms with Gasteiger partial charge in [-0.2, -0.15) is 5.10 Å². The molecule has 2 aromatic carbocycles. The number of nitrogens with one attached hydrogen (secondary N) is 1. The van der Waals surface area contributed by atoms with Gasteiger partial charge in [-0.25, -0.2) is 4.79 Å². The molecule has 4 N–H and O–H groups in total. The third kappa shape index (κ3) is 4.69. The number of H-pyrrole nitrogens is 1. The number of rotatable bonds is 7. The molecular weight excluding hydrogens is 344 g/mol. The molecule has 0 fully saturated rings. The molecule has 0 bridgehead atoms. The van der Waals surface area contributed by atoms with E-state index in [0.29, 0.717) is 36.3 Å². The molecule has 0 aliphatic heterocycles.